The molecule has 2 aromatic rings. The van der Waals surface area contributed by atoms with E-state index in [2.05, 4.69) is 5.32 Å². The van der Waals surface area contributed by atoms with Crippen LogP contribution in [0.2, 0.25) is 0 Å². The van der Waals surface area contributed by atoms with Gasteiger partial charge in [-0.3, -0.25) is 4.79 Å². The molecule has 0 aromatic heterocycles. The summed E-state index contributed by atoms with van der Waals surface area (Å²) in [5, 5.41) is 3.09. The van der Waals surface area contributed by atoms with Gasteiger partial charge in [0.05, 0.1) is 11.6 Å². The highest BCUT2D eigenvalue weighted by Crippen LogP contribution is 2.25. The normalized spacial score (nSPS) is 12.0. The molecule has 0 aliphatic rings. The summed E-state index contributed by atoms with van der Waals surface area (Å²) < 4.78 is 27.3. The molecule has 5 heteroatoms. The number of carbonyl (C=O) groups excluding carboxylic acids is 1. The first-order chi connectivity index (χ1) is 10.0. The molecule has 0 radical (unpaired) electrons. The fourth-order valence-corrected chi connectivity index (χ4v) is 2.16. The van der Waals surface area contributed by atoms with E-state index in [1.807, 2.05) is 6.92 Å². The Morgan fingerprint density at radius 1 is 1.19 bits per heavy atom. The van der Waals surface area contributed by atoms with E-state index in [4.69, 9.17) is 5.73 Å². The second kappa shape index (κ2) is 6.35. The molecule has 1 unspecified atom stereocenters. The van der Waals surface area contributed by atoms with E-state index >= 15 is 0 Å². The number of nitrogens with one attached hydrogen (secondary N) is 1. The average Bonchev–Trinajstić information content (AvgIpc) is 2.47. The van der Waals surface area contributed by atoms with E-state index in [1.165, 1.54) is 18.2 Å². The number of hydrogen-bond donors (Lipinski definition) is 2. The van der Waals surface area contributed by atoms with Crippen LogP contribution in [0.15, 0.2) is 42.5 Å². The molecule has 3 N–H and O–H groups in total. The number of carbonyl (C=O) groups is 1. The van der Waals surface area contributed by atoms with Crippen LogP contribution in [0.1, 0.15) is 35.3 Å². The van der Waals surface area contributed by atoms with Crippen molar-refractivity contribution in [2.75, 3.05) is 5.32 Å². The van der Waals surface area contributed by atoms with Crippen molar-refractivity contribution in [1.82, 2.24) is 0 Å². The highest BCUT2D eigenvalue weighted by Gasteiger charge is 2.15. The van der Waals surface area contributed by atoms with Gasteiger partial charge in [0.1, 0.15) is 11.6 Å². The summed E-state index contributed by atoms with van der Waals surface area (Å²) in [7, 11) is 0. The summed E-state index contributed by atoms with van der Waals surface area (Å²) in [6.45, 7) is 1.91. The standard InChI is InChI=1S/C16H16F2N2O/c1-2-15(11-5-3-4-6-13(11)17)20-10-7-8-14(18)12(9-10)16(19)21/h3-9,15,20H,2H2,1H3,(H2,19,21). The summed E-state index contributed by atoms with van der Waals surface area (Å²) >= 11 is 0. The number of amides is 1. The molecule has 3 nitrogen and oxygen atoms in total. The number of nitrogens with two attached hydrogens (primary N) is 1. The van der Waals surface area contributed by atoms with Gasteiger partial charge in [-0.15, -0.1) is 0 Å². The third-order valence-corrected chi connectivity index (χ3v) is 3.26. The lowest BCUT2D eigenvalue weighted by Crippen LogP contribution is -2.15. The topological polar surface area (TPSA) is 55.1 Å². The number of primary amides is 1. The van der Waals surface area contributed by atoms with Crippen molar-refractivity contribution in [3.63, 3.8) is 0 Å². The molecule has 0 spiro atoms. The summed E-state index contributed by atoms with van der Waals surface area (Å²) in [6, 6.07) is 10.2. The van der Waals surface area contributed by atoms with Gasteiger partial charge in [0.25, 0.3) is 5.91 Å². The molecule has 0 saturated carbocycles. The number of benzene rings is 2. The zero-order chi connectivity index (χ0) is 15.4. The predicted molar refractivity (Wildman–Crippen MR) is 78.0 cm³/mol. The van der Waals surface area contributed by atoms with E-state index < -0.39 is 11.7 Å². The van der Waals surface area contributed by atoms with Gasteiger partial charge >= 0.3 is 0 Å². The SMILES string of the molecule is CCC(Nc1ccc(F)c(C(N)=O)c1)c1ccccc1F. The molecule has 21 heavy (non-hydrogen) atoms. The monoisotopic (exact) mass is 290 g/mol. The minimum Gasteiger partial charge on any atom is -0.378 e. The van der Waals surface area contributed by atoms with E-state index in [0.717, 1.165) is 6.07 Å². The maximum absolute atomic E-state index is 13.8. The number of hydrogen-bond acceptors (Lipinski definition) is 2. The Hall–Kier alpha value is -2.43. The van der Waals surface area contributed by atoms with Gasteiger partial charge < -0.3 is 11.1 Å². The lowest BCUT2D eigenvalue weighted by Gasteiger charge is -2.19. The largest absolute Gasteiger partial charge is 0.378 e. The van der Waals surface area contributed by atoms with E-state index in [1.54, 1.807) is 18.2 Å². The Morgan fingerprint density at radius 2 is 1.90 bits per heavy atom. The third-order valence-electron chi connectivity index (χ3n) is 3.26. The van der Waals surface area contributed by atoms with Gasteiger partial charge in [0, 0.05) is 11.3 Å². The van der Waals surface area contributed by atoms with Crippen LogP contribution in [0, 0.1) is 11.6 Å². The molecule has 0 aliphatic heterocycles. The van der Waals surface area contributed by atoms with Crippen molar-refractivity contribution < 1.29 is 13.6 Å². The first kappa shape index (κ1) is 15.0. The molecule has 0 fully saturated rings. The number of halogens is 2. The van der Waals surface area contributed by atoms with Crippen LogP contribution in [0.3, 0.4) is 0 Å². The summed E-state index contributed by atoms with van der Waals surface area (Å²) in [6.07, 6.45) is 0.629. The molecule has 2 rings (SSSR count). The summed E-state index contributed by atoms with van der Waals surface area (Å²) in [5.74, 6) is -1.82. The third kappa shape index (κ3) is 3.37. The maximum atomic E-state index is 13.8. The van der Waals surface area contributed by atoms with E-state index in [9.17, 15) is 13.6 Å². The molecule has 0 aliphatic carbocycles. The highest BCUT2D eigenvalue weighted by atomic mass is 19.1. The van der Waals surface area contributed by atoms with Crippen molar-refractivity contribution in [3.8, 4) is 0 Å². The van der Waals surface area contributed by atoms with Crippen LogP contribution in [0.25, 0.3) is 0 Å². The Morgan fingerprint density at radius 3 is 2.52 bits per heavy atom. The van der Waals surface area contributed by atoms with Gasteiger partial charge in [-0.05, 0) is 30.7 Å². The Labute approximate surface area is 121 Å². The smallest absolute Gasteiger partial charge is 0.251 e. The minimum atomic E-state index is -0.838. The van der Waals surface area contributed by atoms with Crippen LogP contribution in [0.5, 0.6) is 0 Å². The Bertz CT molecular complexity index is 658. The number of rotatable bonds is 5. The quantitative estimate of drug-likeness (QED) is 0.883. The van der Waals surface area contributed by atoms with Crippen LogP contribution in [-0.4, -0.2) is 5.91 Å². The molecule has 1 atom stereocenters. The predicted octanol–water partition coefficient (Wildman–Crippen LogP) is 3.63. The van der Waals surface area contributed by atoms with Gasteiger partial charge in [-0.2, -0.15) is 0 Å². The van der Waals surface area contributed by atoms with Crippen molar-refractivity contribution >= 4 is 11.6 Å². The fourth-order valence-electron chi connectivity index (χ4n) is 2.16. The Balaban J connectivity index is 2.29. The summed E-state index contributed by atoms with van der Waals surface area (Å²) in [5.41, 5.74) is 5.96. The summed E-state index contributed by atoms with van der Waals surface area (Å²) in [4.78, 5) is 11.1. The first-order valence-corrected chi connectivity index (χ1v) is 6.63. The highest BCUT2D eigenvalue weighted by molar-refractivity contribution is 5.94. The molecule has 0 heterocycles. The molecule has 2 aromatic carbocycles. The molecule has 0 saturated heterocycles. The van der Waals surface area contributed by atoms with Gasteiger partial charge in [-0.1, -0.05) is 25.1 Å². The molecular formula is C16H16F2N2O. The molecule has 0 bridgehead atoms. The number of anilines is 1. The zero-order valence-electron chi connectivity index (χ0n) is 11.6. The fraction of sp³-hybridized carbons (Fsp3) is 0.188. The van der Waals surface area contributed by atoms with Gasteiger partial charge in [0.15, 0.2) is 0 Å². The molecule has 1 amide bonds. The average molecular weight is 290 g/mol. The molecular weight excluding hydrogens is 274 g/mol. The minimum absolute atomic E-state index is 0.191. The molecule has 110 valence electrons. The van der Waals surface area contributed by atoms with E-state index in [-0.39, 0.29) is 17.4 Å². The van der Waals surface area contributed by atoms with Crippen molar-refractivity contribution in [1.29, 1.82) is 0 Å². The lowest BCUT2D eigenvalue weighted by atomic mass is 10.0. The van der Waals surface area contributed by atoms with Gasteiger partial charge in [-0.25, -0.2) is 8.78 Å². The lowest BCUT2D eigenvalue weighted by molar-refractivity contribution is 0.0996. The second-order valence-electron chi connectivity index (χ2n) is 4.69. The Kier molecular flexibility index (Phi) is 4.52. The second-order valence-corrected chi connectivity index (χ2v) is 4.69. The van der Waals surface area contributed by atoms with Crippen LogP contribution >= 0.6 is 0 Å². The van der Waals surface area contributed by atoms with Crippen LogP contribution < -0.4 is 11.1 Å². The van der Waals surface area contributed by atoms with Crippen LogP contribution in [-0.2, 0) is 0 Å². The van der Waals surface area contributed by atoms with Gasteiger partial charge in [0.2, 0.25) is 0 Å². The van der Waals surface area contributed by atoms with Crippen molar-refractivity contribution in [2.45, 2.75) is 19.4 Å². The van der Waals surface area contributed by atoms with Crippen LogP contribution in [0.4, 0.5) is 14.5 Å². The zero-order valence-corrected chi connectivity index (χ0v) is 11.6. The van der Waals surface area contributed by atoms with E-state index in [0.29, 0.717) is 17.7 Å². The van der Waals surface area contributed by atoms with Crippen molar-refractivity contribution in [3.05, 3.63) is 65.2 Å². The van der Waals surface area contributed by atoms with Crippen molar-refractivity contribution in [2.24, 2.45) is 5.73 Å². The first-order valence-electron chi connectivity index (χ1n) is 6.63. The maximum Gasteiger partial charge on any atom is 0.251 e.